The van der Waals surface area contributed by atoms with Crippen LogP contribution in [0.5, 0.6) is 0 Å². The molecule has 0 bridgehead atoms. The van der Waals surface area contributed by atoms with Crippen molar-refractivity contribution in [3.05, 3.63) is 35.3 Å². The predicted octanol–water partition coefficient (Wildman–Crippen LogP) is 2.35. The average molecular weight is 271 g/mol. The fourth-order valence-corrected chi connectivity index (χ4v) is 1.64. The fraction of sp³-hybridized carbons (Fsp3) is 0.286. The molecule has 0 aliphatic heterocycles. The van der Waals surface area contributed by atoms with Crippen LogP contribution in [0.3, 0.4) is 0 Å². The summed E-state index contributed by atoms with van der Waals surface area (Å²) < 4.78 is 10.4. The summed E-state index contributed by atoms with van der Waals surface area (Å²) in [5, 5.41) is 8.73. The summed E-state index contributed by atoms with van der Waals surface area (Å²) in [4.78, 5) is 20.1. The molecule has 0 amide bonds. The van der Waals surface area contributed by atoms with Crippen molar-refractivity contribution in [3.8, 4) is 17.7 Å². The molecule has 6 heteroatoms. The predicted molar refractivity (Wildman–Crippen MR) is 69.8 cm³/mol. The van der Waals surface area contributed by atoms with Gasteiger partial charge in [-0.1, -0.05) is 6.92 Å². The summed E-state index contributed by atoms with van der Waals surface area (Å²) in [6.45, 7) is 3.87. The minimum absolute atomic E-state index is 0.107. The number of carbonyl (C=O) groups is 1. The highest BCUT2D eigenvalue weighted by Crippen LogP contribution is 2.21. The number of aryl methyl sites for hydroxylation is 1. The van der Waals surface area contributed by atoms with E-state index in [4.69, 9.17) is 14.4 Å². The Labute approximate surface area is 116 Å². The van der Waals surface area contributed by atoms with Crippen molar-refractivity contribution in [2.24, 2.45) is 0 Å². The van der Waals surface area contributed by atoms with E-state index in [0.717, 1.165) is 0 Å². The van der Waals surface area contributed by atoms with Gasteiger partial charge in [-0.05, 0) is 25.5 Å². The second kappa shape index (κ2) is 5.97. The van der Waals surface area contributed by atoms with E-state index in [-0.39, 0.29) is 18.3 Å². The Morgan fingerprint density at radius 2 is 2.25 bits per heavy atom. The first-order valence-corrected chi connectivity index (χ1v) is 6.22. The fourth-order valence-electron chi connectivity index (χ4n) is 1.64. The lowest BCUT2D eigenvalue weighted by atomic mass is 10.2. The monoisotopic (exact) mass is 271 g/mol. The van der Waals surface area contributed by atoms with Gasteiger partial charge >= 0.3 is 5.97 Å². The van der Waals surface area contributed by atoms with Gasteiger partial charge in [0.05, 0.1) is 17.9 Å². The van der Waals surface area contributed by atoms with E-state index >= 15 is 0 Å². The van der Waals surface area contributed by atoms with Gasteiger partial charge in [-0.25, -0.2) is 14.8 Å². The van der Waals surface area contributed by atoms with Crippen LogP contribution in [0.15, 0.2) is 22.7 Å². The third kappa shape index (κ3) is 2.67. The molecule has 6 nitrogen and oxygen atoms in total. The molecule has 0 saturated carbocycles. The number of oxazole rings is 1. The number of carbonyl (C=O) groups excluding carboxylic acids is 1. The number of pyridine rings is 1. The van der Waals surface area contributed by atoms with Crippen LogP contribution >= 0.6 is 0 Å². The number of aromatic nitrogens is 2. The molecule has 0 radical (unpaired) electrons. The van der Waals surface area contributed by atoms with E-state index in [1.807, 2.05) is 13.0 Å². The minimum atomic E-state index is -0.531. The summed E-state index contributed by atoms with van der Waals surface area (Å²) in [6.07, 6.45) is 1.98. The van der Waals surface area contributed by atoms with Gasteiger partial charge in [0.25, 0.3) is 0 Å². The van der Waals surface area contributed by atoms with Gasteiger partial charge in [-0.2, -0.15) is 5.26 Å². The molecule has 0 spiro atoms. The molecular weight excluding hydrogens is 258 g/mol. The molecule has 20 heavy (non-hydrogen) atoms. The molecule has 0 unspecified atom stereocenters. The molecule has 2 aromatic rings. The third-order valence-corrected chi connectivity index (χ3v) is 2.60. The van der Waals surface area contributed by atoms with Gasteiger partial charge in [0.1, 0.15) is 11.8 Å². The van der Waals surface area contributed by atoms with Crippen molar-refractivity contribution in [2.45, 2.75) is 20.3 Å². The van der Waals surface area contributed by atoms with Gasteiger partial charge in [-0.3, -0.25) is 0 Å². The number of esters is 1. The Balaban J connectivity index is 2.37. The molecule has 0 aliphatic carbocycles. The number of nitrogens with zero attached hydrogens (tertiary/aromatic N) is 3. The summed E-state index contributed by atoms with van der Waals surface area (Å²) in [5.74, 6) is -0.179. The molecule has 0 atom stereocenters. The van der Waals surface area contributed by atoms with E-state index in [1.165, 1.54) is 6.20 Å². The summed E-state index contributed by atoms with van der Waals surface area (Å²) in [5.41, 5.74) is 1.44. The lowest BCUT2D eigenvalue weighted by molar-refractivity contribution is 0.0489. The van der Waals surface area contributed by atoms with Crippen molar-refractivity contribution < 1.29 is 13.9 Å². The average Bonchev–Trinajstić information content (AvgIpc) is 2.92. The zero-order valence-electron chi connectivity index (χ0n) is 11.2. The maximum atomic E-state index is 11.8. The van der Waals surface area contributed by atoms with E-state index in [2.05, 4.69) is 9.97 Å². The Morgan fingerprint density at radius 1 is 1.45 bits per heavy atom. The molecule has 0 aliphatic rings. The Bertz CT molecular complexity index is 653. The standard InChI is InChI=1S/C14H13N3O3/c1-3-10-12(14(18)19-4-2)20-13(17-10)11-6-5-9(7-15)8-16-11/h5-6,8H,3-4H2,1-2H3. The van der Waals surface area contributed by atoms with Gasteiger partial charge in [-0.15, -0.1) is 0 Å². The maximum absolute atomic E-state index is 11.8. The summed E-state index contributed by atoms with van der Waals surface area (Å²) in [6, 6.07) is 5.22. The number of hydrogen-bond acceptors (Lipinski definition) is 6. The first-order chi connectivity index (χ1) is 9.69. The molecule has 2 aromatic heterocycles. The van der Waals surface area contributed by atoms with Crippen molar-refractivity contribution in [3.63, 3.8) is 0 Å². The smallest absolute Gasteiger partial charge is 0.376 e. The highest BCUT2D eigenvalue weighted by Gasteiger charge is 2.21. The molecule has 0 saturated heterocycles. The summed E-state index contributed by atoms with van der Waals surface area (Å²) in [7, 11) is 0. The molecule has 2 heterocycles. The van der Waals surface area contributed by atoms with Crippen molar-refractivity contribution >= 4 is 5.97 Å². The number of nitriles is 1. The molecular formula is C14H13N3O3. The van der Waals surface area contributed by atoms with Gasteiger partial charge in [0.15, 0.2) is 0 Å². The second-order valence-corrected chi connectivity index (χ2v) is 3.91. The Hall–Kier alpha value is -2.68. The maximum Gasteiger partial charge on any atom is 0.376 e. The van der Waals surface area contributed by atoms with Crippen molar-refractivity contribution in [2.75, 3.05) is 6.61 Å². The van der Waals surface area contributed by atoms with Crippen molar-refractivity contribution in [1.29, 1.82) is 5.26 Å². The molecule has 0 aromatic carbocycles. The SMILES string of the molecule is CCOC(=O)c1oc(-c2ccc(C#N)cn2)nc1CC. The van der Waals surface area contributed by atoms with E-state index in [1.54, 1.807) is 19.1 Å². The largest absolute Gasteiger partial charge is 0.460 e. The number of ether oxygens (including phenoxy) is 1. The molecule has 2 rings (SSSR count). The van der Waals surface area contributed by atoms with Crippen molar-refractivity contribution in [1.82, 2.24) is 9.97 Å². The van der Waals surface area contributed by atoms with Crippen LogP contribution in [0.4, 0.5) is 0 Å². The van der Waals surface area contributed by atoms with Crippen LogP contribution in [0.2, 0.25) is 0 Å². The van der Waals surface area contributed by atoms with Crippen LogP contribution in [-0.4, -0.2) is 22.5 Å². The highest BCUT2D eigenvalue weighted by molar-refractivity contribution is 5.88. The van der Waals surface area contributed by atoms with E-state index in [9.17, 15) is 4.79 Å². The lowest BCUT2D eigenvalue weighted by Crippen LogP contribution is -2.05. The van der Waals surface area contributed by atoms with E-state index in [0.29, 0.717) is 23.4 Å². The second-order valence-electron chi connectivity index (χ2n) is 3.91. The molecule has 0 N–H and O–H groups in total. The van der Waals surface area contributed by atoms with Crippen LogP contribution in [0.25, 0.3) is 11.6 Å². The van der Waals surface area contributed by atoms with Gasteiger partial charge in [0.2, 0.25) is 11.7 Å². The quantitative estimate of drug-likeness (QED) is 0.793. The first kappa shape index (κ1) is 13.7. The normalized spacial score (nSPS) is 10.1. The van der Waals surface area contributed by atoms with E-state index < -0.39 is 5.97 Å². The van der Waals surface area contributed by atoms with Crippen LogP contribution in [-0.2, 0) is 11.2 Å². The third-order valence-electron chi connectivity index (χ3n) is 2.60. The molecule has 102 valence electrons. The molecule has 0 fully saturated rings. The minimum Gasteiger partial charge on any atom is -0.460 e. The van der Waals surface area contributed by atoms with Crippen LogP contribution in [0, 0.1) is 11.3 Å². The van der Waals surface area contributed by atoms with Crippen LogP contribution < -0.4 is 0 Å². The zero-order valence-corrected chi connectivity index (χ0v) is 11.2. The number of hydrogen-bond donors (Lipinski definition) is 0. The summed E-state index contributed by atoms with van der Waals surface area (Å²) >= 11 is 0. The van der Waals surface area contributed by atoms with Gasteiger partial charge in [0, 0.05) is 6.20 Å². The topological polar surface area (TPSA) is 89.0 Å². The zero-order chi connectivity index (χ0) is 14.5. The van der Waals surface area contributed by atoms with Crippen LogP contribution in [0.1, 0.15) is 35.7 Å². The van der Waals surface area contributed by atoms with Gasteiger partial charge < -0.3 is 9.15 Å². The Kier molecular flexibility index (Phi) is 4.11. The Morgan fingerprint density at radius 3 is 2.80 bits per heavy atom. The number of rotatable bonds is 4. The first-order valence-electron chi connectivity index (χ1n) is 6.22. The lowest BCUT2D eigenvalue weighted by Gasteiger charge is -1.98. The highest BCUT2D eigenvalue weighted by atomic mass is 16.5.